The predicted molar refractivity (Wildman–Crippen MR) is 66.9 cm³/mol. The Balaban J connectivity index is 2.56. The lowest BCUT2D eigenvalue weighted by Crippen LogP contribution is -2.30. The van der Waals surface area contributed by atoms with E-state index in [9.17, 15) is 5.11 Å². The number of aromatic nitrogens is 1. The van der Waals surface area contributed by atoms with Gasteiger partial charge in [0, 0.05) is 32.5 Å². The zero-order valence-corrected chi connectivity index (χ0v) is 11.0. The predicted octanol–water partition coefficient (Wildman–Crippen LogP) is 0.196. The van der Waals surface area contributed by atoms with Gasteiger partial charge >= 0.3 is 0 Å². The monoisotopic (exact) mass is 256 g/mol. The fourth-order valence-electron chi connectivity index (χ4n) is 1.59. The highest BCUT2D eigenvalue weighted by atomic mass is 16.5. The number of rotatable bonds is 8. The van der Waals surface area contributed by atoms with Crippen molar-refractivity contribution in [3.05, 3.63) is 18.0 Å². The molecule has 1 heterocycles. The third-order valence-corrected chi connectivity index (χ3v) is 2.40. The smallest absolute Gasteiger partial charge is 0.183 e. The minimum absolute atomic E-state index is 0.301. The quantitative estimate of drug-likeness (QED) is 0.692. The van der Waals surface area contributed by atoms with Gasteiger partial charge in [0.05, 0.1) is 32.6 Å². The summed E-state index contributed by atoms with van der Waals surface area (Å²) in [7, 11) is 4.70. The van der Waals surface area contributed by atoms with Crippen LogP contribution in [0.15, 0.2) is 12.3 Å². The Hall–Kier alpha value is -1.37. The summed E-state index contributed by atoms with van der Waals surface area (Å²) in [6.07, 6.45) is 1.12. The van der Waals surface area contributed by atoms with Gasteiger partial charge in [0.2, 0.25) is 0 Å². The highest BCUT2D eigenvalue weighted by Crippen LogP contribution is 2.28. The van der Waals surface area contributed by atoms with Gasteiger partial charge in [-0.2, -0.15) is 0 Å². The zero-order chi connectivity index (χ0) is 13.4. The lowest BCUT2D eigenvalue weighted by Gasteiger charge is -2.13. The summed E-state index contributed by atoms with van der Waals surface area (Å²) in [5.74, 6) is 1.25. The normalized spacial score (nSPS) is 12.2. The second kappa shape index (κ2) is 7.86. The average Bonchev–Trinajstić information content (AvgIpc) is 2.38. The number of nitrogens with one attached hydrogen (secondary N) is 1. The lowest BCUT2D eigenvalue weighted by molar-refractivity contribution is 0.0643. The van der Waals surface area contributed by atoms with Crippen molar-refractivity contribution >= 4 is 0 Å². The highest BCUT2D eigenvalue weighted by molar-refractivity contribution is 5.42. The second-order valence-corrected chi connectivity index (χ2v) is 3.73. The van der Waals surface area contributed by atoms with Crippen LogP contribution in [0.3, 0.4) is 0 Å². The molecule has 6 heteroatoms. The van der Waals surface area contributed by atoms with Crippen LogP contribution in [0.25, 0.3) is 0 Å². The molecule has 1 rings (SSSR count). The van der Waals surface area contributed by atoms with E-state index in [0.717, 1.165) is 5.69 Å². The first-order valence-corrected chi connectivity index (χ1v) is 5.66. The summed E-state index contributed by atoms with van der Waals surface area (Å²) in [6.45, 7) is 1.21. The molecule has 2 N–H and O–H groups in total. The van der Waals surface area contributed by atoms with Crippen molar-refractivity contribution < 1.29 is 19.3 Å². The number of nitrogens with zero attached hydrogens (tertiary/aromatic N) is 1. The van der Waals surface area contributed by atoms with E-state index < -0.39 is 6.10 Å². The molecule has 0 saturated heterocycles. The zero-order valence-electron chi connectivity index (χ0n) is 11.0. The fourth-order valence-corrected chi connectivity index (χ4v) is 1.59. The summed E-state index contributed by atoms with van der Waals surface area (Å²) in [5.41, 5.74) is 0.737. The highest BCUT2D eigenvalue weighted by Gasteiger charge is 2.11. The first-order valence-electron chi connectivity index (χ1n) is 5.66. The molecule has 0 aliphatic rings. The summed E-state index contributed by atoms with van der Waals surface area (Å²) in [6, 6.07) is 1.74. The van der Waals surface area contributed by atoms with E-state index in [-0.39, 0.29) is 0 Å². The van der Waals surface area contributed by atoms with E-state index >= 15 is 0 Å². The van der Waals surface area contributed by atoms with Crippen molar-refractivity contribution in [2.24, 2.45) is 0 Å². The van der Waals surface area contributed by atoms with Crippen LogP contribution in [0.5, 0.6) is 11.5 Å². The van der Waals surface area contributed by atoms with Crippen molar-refractivity contribution in [2.45, 2.75) is 12.6 Å². The molecule has 102 valence electrons. The molecular weight excluding hydrogens is 236 g/mol. The van der Waals surface area contributed by atoms with Crippen molar-refractivity contribution in [1.82, 2.24) is 10.3 Å². The van der Waals surface area contributed by atoms with Crippen LogP contribution in [0.1, 0.15) is 5.69 Å². The molecule has 1 atom stereocenters. The van der Waals surface area contributed by atoms with Crippen LogP contribution in [0.4, 0.5) is 0 Å². The molecule has 0 aliphatic heterocycles. The number of methoxy groups -OCH3 is 3. The third kappa shape index (κ3) is 4.14. The van der Waals surface area contributed by atoms with Crippen LogP contribution in [-0.2, 0) is 11.3 Å². The molecule has 1 unspecified atom stereocenters. The Bertz CT molecular complexity index is 360. The Morgan fingerprint density at radius 1 is 1.33 bits per heavy atom. The van der Waals surface area contributed by atoms with E-state index in [1.165, 1.54) is 0 Å². The maximum atomic E-state index is 9.49. The molecule has 0 aliphatic carbocycles. The van der Waals surface area contributed by atoms with Crippen LogP contribution < -0.4 is 14.8 Å². The third-order valence-electron chi connectivity index (χ3n) is 2.40. The first-order chi connectivity index (χ1) is 8.72. The van der Waals surface area contributed by atoms with Gasteiger partial charge in [-0.05, 0) is 0 Å². The van der Waals surface area contributed by atoms with Gasteiger partial charge in [-0.1, -0.05) is 0 Å². The van der Waals surface area contributed by atoms with E-state index in [2.05, 4.69) is 10.3 Å². The van der Waals surface area contributed by atoms with Gasteiger partial charge < -0.3 is 24.6 Å². The van der Waals surface area contributed by atoms with Gasteiger partial charge in [-0.3, -0.25) is 4.98 Å². The maximum absolute atomic E-state index is 9.49. The van der Waals surface area contributed by atoms with Crippen molar-refractivity contribution in [1.29, 1.82) is 0 Å². The van der Waals surface area contributed by atoms with Crippen LogP contribution in [0.2, 0.25) is 0 Å². The molecule has 0 bridgehead atoms. The maximum Gasteiger partial charge on any atom is 0.183 e. The molecule has 0 amide bonds. The SMILES string of the molecule is COCC(O)CNCc1nccc(OC)c1OC. The minimum atomic E-state index is -0.536. The number of aliphatic hydroxyl groups excluding tert-OH is 1. The number of aliphatic hydroxyl groups is 1. The largest absolute Gasteiger partial charge is 0.493 e. The Morgan fingerprint density at radius 3 is 2.72 bits per heavy atom. The van der Waals surface area contributed by atoms with E-state index in [4.69, 9.17) is 14.2 Å². The Morgan fingerprint density at radius 2 is 2.11 bits per heavy atom. The summed E-state index contributed by atoms with van der Waals surface area (Å²) < 4.78 is 15.3. The summed E-state index contributed by atoms with van der Waals surface area (Å²) in [5, 5.41) is 12.6. The fraction of sp³-hybridized carbons (Fsp3) is 0.583. The van der Waals surface area contributed by atoms with Gasteiger partial charge in [-0.25, -0.2) is 0 Å². The second-order valence-electron chi connectivity index (χ2n) is 3.73. The Kier molecular flexibility index (Phi) is 6.42. The number of hydrogen-bond acceptors (Lipinski definition) is 6. The molecule has 0 aromatic carbocycles. The van der Waals surface area contributed by atoms with Gasteiger partial charge in [0.1, 0.15) is 0 Å². The number of hydrogen-bond donors (Lipinski definition) is 2. The van der Waals surface area contributed by atoms with Crippen LogP contribution in [0, 0.1) is 0 Å². The van der Waals surface area contributed by atoms with Gasteiger partial charge in [0.15, 0.2) is 11.5 Å². The van der Waals surface area contributed by atoms with E-state index in [0.29, 0.717) is 31.2 Å². The molecule has 0 radical (unpaired) electrons. The standard InChI is InChI=1S/C12H20N2O4/c1-16-8-9(15)6-13-7-10-12(18-3)11(17-2)4-5-14-10/h4-5,9,13,15H,6-8H2,1-3H3. The molecule has 1 aromatic rings. The molecule has 0 spiro atoms. The van der Waals surface area contributed by atoms with Crippen LogP contribution >= 0.6 is 0 Å². The molecule has 0 fully saturated rings. The molecule has 0 saturated carbocycles. The average molecular weight is 256 g/mol. The Labute approximate surface area is 107 Å². The molecule has 1 aromatic heterocycles. The van der Waals surface area contributed by atoms with E-state index in [1.807, 2.05) is 0 Å². The molecule has 6 nitrogen and oxygen atoms in total. The minimum Gasteiger partial charge on any atom is -0.493 e. The van der Waals surface area contributed by atoms with Gasteiger partial charge in [-0.15, -0.1) is 0 Å². The first kappa shape index (κ1) is 14.7. The van der Waals surface area contributed by atoms with Crippen molar-refractivity contribution in [3.63, 3.8) is 0 Å². The molecular formula is C12H20N2O4. The van der Waals surface area contributed by atoms with Gasteiger partial charge in [0.25, 0.3) is 0 Å². The van der Waals surface area contributed by atoms with Crippen molar-refractivity contribution in [2.75, 3.05) is 34.5 Å². The number of pyridine rings is 1. The van der Waals surface area contributed by atoms with E-state index in [1.54, 1.807) is 33.6 Å². The van der Waals surface area contributed by atoms with Crippen LogP contribution in [-0.4, -0.2) is 50.7 Å². The lowest BCUT2D eigenvalue weighted by atomic mass is 10.3. The summed E-state index contributed by atoms with van der Waals surface area (Å²) in [4.78, 5) is 4.22. The summed E-state index contributed by atoms with van der Waals surface area (Å²) >= 11 is 0. The number of ether oxygens (including phenoxy) is 3. The van der Waals surface area contributed by atoms with Crippen molar-refractivity contribution in [3.8, 4) is 11.5 Å². The molecule has 18 heavy (non-hydrogen) atoms. The topological polar surface area (TPSA) is 72.8 Å².